The molecule has 0 aliphatic carbocycles. The molecule has 0 saturated carbocycles. The van der Waals surface area contributed by atoms with Gasteiger partial charge in [0.1, 0.15) is 11.0 Å². The second-order valence-corrected chi connectivity index (χ2v) is 10.7. The highest BCUT2D eigenvalue weighted by Crippen LogP contribution is 2.14. The second-order valence-electron chi connectivity index (χ2n) is 10.3. The molecule has 2 aromatic heterocycles. The van der Waals surface area contributed by atoms with E-state index in [9.17, 15) is 14.6 Å². The number of rotatable bonds is 9. The van der Waals surface area contributed by atoms with Crippen LogP contribution in [0.3, 0.4) is 0 Å². The number of amides is 4. The standard InChI is InChI=1S/C17H25BN6O2.C13H13ClN4O/c1-12-6-5-7-14(10-12)21-17(25)23-16-20-13(2)11-15(22-16)19-8-9-24(4)18(3)26;1-8-4-3-5-10(6-8)16-13(19)18-12-15-9(2)7-11(14)17-12/h5-7,10-11,26H,8-9H2,1-4H3,(H3,19,20,21,22,23,25);3-7H,1-2H3,(H2,15,16,17,18,19). The summed E-state index contributed by atoms with van der Waals surface area (Å²) in [6.45, 7) is 10.5. The second kappa shape index (κ2) is 16.9. The van der Waals surface area contributed by atoms with Gasteiger partial charge >= 0.3 is 19.1 Å². The van der Waals surface area contributed by atoms with Crippen LogP contribution in [0.25, 0.3) is 0 Å². The van der Waals surface area contributed by atoms with Crippen LogP contribution in [0.1, 0.15) is 22.5 Å². The molecule has 45 heavy (non-hydrogen) atoms. The van der Waals surface area contributed by atoms with Crippen LogP contribution in [0.5, 0.6) is 0 Å². The van der Waals surface area contributed by atoms with E-state index in [-0.39, 0.29) is 11.9 Å². The van der Waals surface area contributed by atoms with E-state index in [1.54, 1.807) is 36.8 Å². The third-order valence-corrected chi connectivity index (χ3v) is 6.28. The Morgan fingerprint density at radius 2 is 1.29 bits per heavy atom. The third-order valence-electron chi connectivity index (χ3n) is 6.09. The lowest BCUT2D eigenvalue weighted by Gasteiger charge is -2.17. The first-order valence-electron chi connectivity index (χ1n) is 14.1. The molecule has 0 saturated heterocycles. The van der Waals surface area contributed by atoms with Crippen molar-refractivity contribution in [3.05, 3.63) is 88.3 Å². The normalized spacial score (nSPS) is 10.3. The molecule has 15 heteroatoms. The minimum Gasteiger partial charge on any atom is -0.437 e. The molecule has 0 fully saturated rings. The molecule has 2 heterocycles. The Morgan fingerprint density at radius 1 is 0.778 bits per heavy atom. The summed E-state index contributed by atoms with van der Waals surface area (Å²) in [4.78, 5) is 42.2. The number of halogens is 1. The van der Waals surface area contributed by atoms with Crippen molar-refractivity contribution in [1.82, 2.24) is 24.7 Å². The maximum absolute atomic E-state index is 12.1. The summed E-state index contributed by atoms with van der Waals surface area (Å²) in [6, 6.07) is 17.6. The van der Waals surface area contributed by atoms with Gasteiger partial charge in [-0.2, -0.15) is 4.98 Å². The van der Waals surface area contributed by atoms with Crippen molar-refractivity contribution in [3.63, 3.8) is 0 Å². The van der Waals surface area contributed by atoms with Crippen LogP contribution in [0, 0.1) is 27.7 Å². The van der Waals surface area contributed by atoms with E-state index in [1.165, 1.54) is 0 Å². The SMILES string of the molecule is CB(O)N(C)CCNc1cc(C)nc(NC(=O)Nc2cccc(C)c2)n1.Cc1cccc(NC(=O)Nc2nc(C)cc(Cl)n2)c1. The molecule has 0 aliphatic rings. The molecule has 6 N–H and O–H groups in total. The first-order chi connectivity index (χ1) is 21.4. The lowest BCUT2D eigenvalue weighted by molar-refractivity contribution is 0.261. The lowest BCUT2D eigenvalue weighted by atomic mass is 9.86. The van der Waals surface area contributed by atoms with Gasteiger partial charge in [0.05, 0.1) is 0 Å². The number of likely N-dealkylation sites (N-methyl/N-ethyl adjacent to an activating group) is 1. The molecule has 0 aliphatic heterocycles. The fourth-order valence-electron chi connectivity index (χ4n) is 3.82. The molecule has 0 bridgehead atoms. The van der Waals surface area contributed by atoms with Crippen LogP contribution in [0.4, 0.5) is 38.7 Å². The zero-order valence-corrected chi connectivity index (χ0v) is 26.9. The van der Waals surface area contributed by atoms with Crippen molar-refractivity contribution in [1.29, 1.82) is 0 Å². The van der Waals surface area contributed by atoms with Crippen LogP contribution in [-0.2, 0) is 0 Å². The summed E-state index contributed by atoms with van der Waals surface area (Å²) in [6.07, 6.45) is 0. The van der Waals surface area contributed by atoms with Crippen LogP contribution in [-0.4, -0.2) is 69.0 Å². The van der Waals surface area contributed by atoms with Gasteiger partial charge < -0.3 is 25.8 Å². The topological polar surface area (TPSA) is 169 Å². The molecule has 4 amide bonds. The number of aromatic nitrogens is 4. The van der Waals surface area contributed by atoms with E-state index in [0.717, 1.165) is 16.8 Å². The third kappa shape index (κ3) is 12.8. The Labute approximate surface area is 268 Å². The molecule has 2 aromatic carbocycles. The number of carbonyl (C=O) groups is 2. The maximum atomic E-state index is 12.1. The number of carbonyl (C=O) groups excluding carboxylic acids is 2. The van der Waals surface area contributed by atoms with Gasteiger partial charge in [-0.05, 0) is 83.0 Å². The Bertz CT molecular complexity index is 1590. The van der Waals surface area contributed by atoms with E-state index < -0.39 is 19.1 Å². The number of nitrogens with zero attached hydrogens (tertiary/aromatic N) is 5. The molecule has 0 radical (unpaired) electrons. The Balaban J connectivity index is 0.000000257. The van der Waals surface area contributed by atoms with Gasteiger partial charge in [0.2, 0.25) is 11.9 Å². The largest absolute Gasteiger partial charge is 0.437 e. The van der Waals surface area contributed by atoms with Gasteiger partial charge in [-0.25, -0.2) is 24.5 Å². The highest BCUT2D eigenvalue weighted by Gasteiger charge is 2.11. The van der Waals surface area contributed by atoms with E-state index in [0.29, 0.717) is 41.1 Å². The number of urea groups is 2. The van der Waals surface area contributed by atoms with Crippen molar-refractivity contribution < 1.29 is 14.6 Å². The maximum Gasteiger partial charge on any atom is 0.376 e. The van der Waals surface area contributed by atoms with Gasteiger partial charge in [0.15, 0.2) is 0 Å². The van der Waals surface area contributed by atoms with E-state index in [4.69, 9.17) is 11.6 Å². The molecule has 0 unspecified atom stereocenters. The van der Waals surface area contributed by atoms with Crippen molar-refractivity contribution in [2.75, 3.05) is 46.7 Å². The Morgan fingerprint density at radius 3 is 1.78 bits per heavy atom. The van der Waals surface area contributed by atoms with Crippen LogP contribution < -0.4 is 26.6 Å². The fraction of sp³-hybridized carbons (Fsp3) is 0.267. The number of aryl methyl sites for hydroxylation is 4. The summed E-state index contributed by atoms with van der Waals surface area (Å²) < 4.78 is 0. The van der Waals surface area contributed by atoms with E-state index >= 15 is 0 Å². The van der Waals surface area contributed by atoms with Crippen LogP contribution in [0.15, 0.2) is 60.7 Å². The fourth-order valence-corrected chi connectivity index (χ4v) is 4.06. The molecule has 13 nitrogen and oxygen atoms in total. The Hall–Kier alpha value is -4.79. The zero-order chi connectivity index (χ0) is 32.9. The number of hydrogen-bond donors (Lipinski definition) is 6. The number of benzene rings is 2. The van der Waals surface area contributed by atoms with Gasteiger partial charge in [0.25, 0.3) is 0 Å². The van der Waals surface area contributed by atoms with E-state index in [1.807, 2.05) is 70.3 Å². The number of hydrogen-bond acceptors (Lipinski definition) is 9. The molecule has 0 atom stereocenters. The summed E-state index contributed by atoms with van der Waals surface area (Å²) in [5, 5.41) is 23.6. The first-order valence-corrected chi connectivity index (χ1v) is 14.5. The average molecular weight is 633 g/mol. The highest BCUT2D eigenvalue weighted by atomic mass is 35.5. The van der Waals surface area contributed by atoms with Crippen molar-refractivity contribution >= 4 is 59.8 Å². The summed E-state index contributed by atoms with van der Waals surface area (Å²) in [5.74, 6) is 1.01. The smallest absolute Gasteiger partial charge is 0.376 e. The van der Waals surface area contributed by atoms with Crippen molar-refractivity contribution in [2.24, 2.45) is 0 Å². The molecule has 4 aromatic rings. The summed E-state index contributed by atoms with van der Waals surface area (Å²) in [5.41, 5.74) is 4.95. The van der Waals surface area contributed by atoms with Crippen LogP contribution in [0.2, 0.25) is 12.0 Å². The molecular weight excluding hydrogens is 595 g/mol. The van der Waals surface area contributed by atoms with Gasteiger partial charge in [-0.1, -0.05) is 35.9 Å². The minimum absolute atomic E-state index is 0.176. The predicted octanol–water partition coefficient (Wildman–Crippen LogP) is 5.58. The van der Waals surface area contributed by atoms with E-state index in [2.05, 4.69) is 46.5 Å². The number of anilines is 5. The lowest BCUT2D eigenvalue weighted by Crippen LogP contribution is -2.36. The molecule has 0 spiro atoms. The van der Waals surface area contributed by atoms with Gasteiger partial charge in [0, 0.05) is 41.9 Å². The molecular formula is C30H38BClN10O3. The highest BCUT2D eigenvalue weighted by molar-refractivity contribution is 6.45. The monoisotopic (exact) mass is 632 g/mol. The van der Waals surface area contributed by atoms with Crippen molar-refractivity contribution in [2.45, 2.75) is 34.5 Å². The quantitative estimate of drug-likeness (QED) is 0.102. The Kier molecular flexibility index (Phi) is 13.0. The number of nitrogens with one attached hydrogen (secondary N) is 5. The predicted molar refractivity (Wildman–Crippen MR) is 181 cm³/mol. The first kappa shape index (κ1) is 34.7. The zero-order valence-electron chi connectivity index (χ0n) is 26.1. The van der Waals surface area contributed by atoms with Crippen LogP contribution >= 0.6 is 11.6 Å². The van der Waals surface area contributed by atoms with Gasteiger partial charge in [-0.3, -0.25) is 10.6 Å². The molecule has 236 valence electrons. The minimum atomic E-state index is -0.508. The van der Waals surface area contributed by atoms with Crippen molar-refractivity contribution in [3.8, 4) is 0 Å². The summed E-state index contributed by atoms with van der Waals surface area (Å²) in [7, 11) is 1.33. The van der Waals surface area contributed by atoms with Gasteiger partial charge in [-0.15, -0.1) is 0 Å². The summed E-state index contributed by atoms with van der Waals surface area (Å²) >= 11 is 5.79. The average Bonchev–Trinajstić information content (AvgIpc) is 2.92. The molecule has 4 rings (SSSR count).